The Morgan fingerprint density at radius 1 is 0.906 bits per heavy atom. The van der Waals surface area contributed by atoms with Crippen molar-refractivity contribution in [1.29, 1.82) is 0 Å². The first-order chi connectivity index (χ1) is 25.7. The molecule has 0 spiro atoms. The van der Waals surface area contributed by atoms with Crippen molar-refractivity contribution in [3.63, 3.8) is 0 Å². The Bertz CT molecular complexity index is 2460. The molecule has 0 radical (unpaired) electrons. The first kappa shape index (κ1) is 35.1. The van der Waals surface area contributed by atoms with Crippen LogP contribution in [-0.2, 0) is 26.1 Å². The van der Waals surface area contributed by atoms with Gasteiger partial charge in [-0.15, -0.1) is 11.3 Å². The van der Waals surface area contributed by atoms with Crippen LogP contribution in [0, 0.1) is 13.8 Å². The van der Waals surface area contributed by atoms with Gasteiger partial charge in [0.05, 0.1) is 56.1 Å². The van der Waals surface area contributed by atoms with Gasteiger partial charge in [0.2, 0.25) is 5.91 Å². The van der Waals surface area contributed by atoms with Crippen LogP contribution in [-0.4, -0.2) is 66.0 Å². The molecule has 2 fully saturated rings. The second-order valence-corrected chi connectivity index (χ2v) is 16.8. The Balaban J connectivity index is 1.28. The van der Waals surface area contributed by atoms with Gasteiger partial charge in [-0.05, 0) is 86.2 Å². The number of hydrogen-bond acceptors (Lipinski definition) is 8. The number of aryl methyl sites for hydroxylation is 2. The van der Waals surface area contributed by atoms with E-state index in [0.29, 0.717) is 26.3 Å². The molecule has 3 aromatic carbocycles. The summed E-state index contributed by atoms with van der Waals surface area (Å²) in [6, 6.07) is 23.6. The molecular formula is C41H41N5O5S2. The minimum atomic E-state index is -4.10. The third kappa shape index (κ3) is 6.98. The number of sulfonamides is 1. The standard InChI is InChI=1S/C41H41N5O5S2/c1-26-40(52-27(2)42-26)35-18-14-29-23-30(15-17-34(29)43-35)39-38(28-9-5-3-6-10-28)33-16-13-31(41(48)44-53(49,50)32-11-7-4-8-12-32)24-36(33)46(39)25-37(47)45-19-21-51-22-20-45/h4,7-8,11-18,23-24,28H,3,5-6,9-10,19-22,25H2,1-2H3,(H,44,48). The van der Waals surface area contributed by atoms with E-state index < -0.39 is 15.9 Å². The van der Waals surface area contributed by atoms with Crippen LogP contribution in [0.2, 0.25) is 0 Å². The Hall–Kier alpha value is -4.91. The van der Waals surface area contributed by atoms with E-state index >= 15 is 0 Å². The van der Waals surface area contributed by atoms with Crippen molar-refractivity contribution in [3.8, 4) is 21.8 Å². The van der Waals surface area contributed by atoms with Crippen molar-refractivity contribution in [1.82, 2.24) is 24.2 Å². The van der Waals surface area contributed by atoms with Crippen LogP contribution in [0.15, 0.2) is 83.8 Å². The Labute approximate surface area is 312 Å². The van der Waals surface area contributed by atoms with Gasteiger partial charge in [-0.2, -0.15) is 0 Å². The molecule has 4 heterocycles. The average molecular weight is 748 g/mol. The number of hydrogen-bond donors (Lipinski definition) is 1. The molecule has 2 aliphatic rings. The summed E-state index contributed by atoms with van der Waals surface area (Å²) >= 11 is 1.64. The molecule has 2 amide bonds. The van der Waals surface area contributed by atoms with E-state index in [4.69, 9.17) is 9.72 Å². The number of amides is 2. The molecule has 8 rings (SSSR count). The summed E-state index contributed by atoms with van der Waals surface area (Å²) in [5, 5.41) is 2.94. The SMILES string of the molecule is Cc1nc(C)c(-c2ccc3cc(-c4c(C5CCCCC5)c5ccc(C(=O)NS(=O)(=O)c6ccccc6)cc5n4CC(=O)N4CCOCC4)ccc3n2)s1. The number of aromatic nitrogens is 3. The lowest BCUT2D eigenvalue weighted by atomic mass is 9.81. The molecule has 1 N–H and O–H groups in total. The highest BCUT2D eigenvalue weighted by Gasteiger charge is 2.30. The summed E-state index contributed by atoms with van der Waals surface area (Å²) in [7, 11) is -4.10. The van der Waals surface area contributed by atoms with E-state index in [0.717, 1.165) is 85.6 Å². The normalized spacial score (nSPS) is 15.6. The maximum atomic E-state index is 14.0. The highest BCUT2D eigenvalue weighted by Crippen LogP contribution is 2.45. The van der Waals surface area contributed by atoms with Crippen LogP contribution < -0.4 is 4.72 Å². The number of nitrogens with zero attached hydrogens (tertiary/aromatic N) is 4. The number of carbonyl (C=O) groups excluding carboxylic acids is 2. The monoisotopic (exact) mass is 747 g/mol. The molecule has 6 aromatic rings. The fraction of sp³-hybridized carbons (Fsp3) is 0.317. The van der Waals surface area contributed by atoms with Gasteiger partial charge in [0, 0.05) is 29.4 Å². The number of pyridine rings is 1. The predicted molar refractivity (Wildman–Crippen MR) is 208 cm³/mol. The zero-order valence-electron chi connectivity index (χ0n) is 29.8. The molecule has 3 aromatic heterocycles. The zero-order valence-corrected chi connectivity index (χ0v) is 31.4. The van der Waals surface area contributed by atoms with E-state index in [1.807, 2.05) is 41.5 Å². The molecule has 53 heavy (non-hydrogen) atoms. The quantitative estimate of drug-likeness (QED) is 0.170. The summed E-state index contributed by atoms with van der Waals surface area (Å²) in [4.78, 5) is 40.2. The van der Waals surface area contributed by atoms with E-state index in [1.54, 1.807) is 41.7 Å². The van der Waals surface area contributed by atoms with Gasteiger partial charge in [-0.25, -0.2) is 23.1 Å². The molecule has 272 valence electrons. The van der Waals surface area contributed by atoms with Crippen LogP contribution in [0.4, 0.5) is 0 Å². The van der Waals surface area contributed by atoms with Crippen molar-refractivity contribution in [2.75, 3.05) is 26.3 Å². The molecule has 1 saturated carbocycles. The number of carbonyl (C=O) groups is 2. The highest BCUT2D eigenvalue weighted by atomic mass is 32.2. The predicted octanol–water partition coefficient (Wildman–Crippen LogP) is 7.62. The lowest BCUT2D eigenvalue weighted by Gasteiger charge is -2.28. The summed E-state index contributed by atoms with van der Waals surface area (Å²) in [6.07, 6.45) is 5.45. The first-order valence-electron chi connectivity index (χ1n) is 18.2. The number of morpholine rings is 1. The average Bonchev–Trinajstić information content (AvgIpc) is 3.70. The van der Waals surface area contributed by atoms with Gasteiger partial charge >= 0.3 is 0 Å². The fourth-order valence-electron chi connectivity index (χ4n) is 7.85. The number of benzene rings is 3. The van der Waals surface area contributed by atoms with Crippen LogP contribution in [0.25, 0.3) is 43.6 Å². The summed E-state index contributed by atoms with van der Waals surface area (Å²) in [5.41, 5.74) is 6.70. The van der Waals surface area contributed by atoms with Gasteiger partial charge in [-0.1, -0.05) is 55.7 Å². The second kappa shape index (κ2) is 14.5. The van der Waals surface area contributed by atoms with Gasteiger partial charge in [-0.3, -0.25) is 9.59 Å². The summed E-state index contributed by atoms with van der Waals surface area (Å²) in [5.74, 6) is -0.513. The van der Waals surface area contributed by atoms with Crippen LogP contribution in [0.3, 0.4) is 0 Å². The van der Waals surface area contributed by atoms with Crippen molar-refractivity contribution in [2.45, 2.75) is 63.3 Å². The second-order valence-electron chi connectivity index (χ2n) is 13.9. The number of ether oxygens (including phenoxy) is 1. The Morgan fingerprint density at radius 3 is 2.42 bits per heavy atom. The van der Waals surface area contributed by atoms with E-state index in [9.17, 15) is 18.0 Å². The van der Waals surface area contributed by atoms with Crippen LogP contribution >= 0.6 is 11.3 Å². The topological polar surface area (TPSA) is 123 Å². The van der Waals surface area contributed by atoms with Gasteiger partial charge in [0.25, 0.3) is 15.9 Å². The molecule has 0 atom stereocenters. The van der Waals surface area contributed by atoms with Crippen molar-refractivity contribution < 1.29 is 22.7 Å². The molecule has 1 aliphatic carbocycles. The maximum absolute atomic E-state index is 14.0. The maximum Gasteiger partial charge on any atom is 0.265 e. The minimum Gasteiger partial charge on any atom is -0.378 e. The Kier molecular flexibility index (Phi) is 9.61. The van der Waals surface area contributed by atoms with E-state index in [2.05, 4.69) is 27.9 Å². The van der Waals surface area contributed by atoms with Crippen molar-refractivity contribution in [2.24, 2.45) is 0 Å². The molecule has 12 heteroatoms. The summed E-state index contributed by atoms with van der Waals surface area (Å²) in [6.45, 7) is 6.06. The van der Waals surface area contributed by atoms with Gasteiger partial charge in [0.15, 0.2) is 0 Å². The molecule has 1 saturated heterocycles. The lowest BCUT2D eigenvalue weighted by molar-refractivity contribution is -0.135. The molecule has 10 nitrogen and oxygen atoms in total. The largest absolute Gasteiger partial charge is 0.378 e. The fourth-order valence-corrected chi connectivity index (χ4v) is 9.74. The lowest BCUT2D eigenvalue weighted by Crippen LogP contribution is -2.42. The third-order valence-corrected chi connectivity index (χ3v) is 12.9. The first-order valence-corrected chi connectivity index (χ1v) is 20.5. The number of fused-ring (bicyclic) bond motifs is 2. The number of nitrogens with one attached hydrogen (secondary N) is 1. The molecule has 0 bridgehead atoms. The highest BCUT2D eigenvalue weighted by molar-refractivity contribution is 7.90. The Morgan fingerprint density at radius 2 is 1.68 bits per heavy atom. The van der Waals surface area contributed by atoms with Gasteiger partial charge < -0.3 is 14.2 Å². The zero-order chi connectivity index (χ0) is 36.7. The van der Waals surface area contributed by atoms with E-state index in [1.165, 1.54) is 18.6 Å². The number of rotatable bonds is 8. The van der Waals surface area contributed by atoms with Crippen molar-refractivity contribution in [3.05, 3.63) is 101 Å². The summed E-state index contributed by atoms with van der Waals surface area (Å²) < 4.78 is 36.1. The number of thiazole rings is 1. The van der Waals surface area contributed by atoms with Gasteiger partial charge in [0.1, 0.15) is 6.54 Å². The van der Waals surface area contributed by atoms with E-state index in [-0.39, 0.29) is 28.8 Å². The molecule has 1 aliphatic heterocycles. The molecule has 0 unspecified atom stereocenters. The smallest absolute Gasteiger partial charge is 0.265 e. The van der Waals surface area contributed by atoms with Crippen molar-refractivity contribution >= 4 is 55.0 Å². The third-order valence-electron chi connectivity index (χ3n) is 10.4. The van der Waals surface area contributed by atoms with Crippen LogP contribution in [0.5, 0.6) is 0 Å². The minimum absolute atomic E-state index is 0.00556. The van der Waals surface area contributed by atoms with Crippen LogP contribution in [0.1, 0.15) is 64.6 Å². The molecular weight excluding hydrogens is 707 g/mol.